The number of hydrogen-bond acceptors (Lipinski definition) is 3. The zero-order valence-corrected chi connectivity index (χ0v) is 13.6. The van der Waals surface area contributed by atoms with Crippen molar-refractivity contribution in [1.82, 2.24) is 10.6 Å². The minimum atomic E-state index is -0.872. The molecular formula is C17H24N2O4. The van der Waals surface area contributed by atoms with Gasteiger partial charge < -0.3 is 15.7 Å². The van der Waals surface area contributed by atoms with Crippen molar-refractivity contribution in [1.29, 1.82) is 0 Å². The molecule has 0 heterocycles. The highest BCUT2D eigenvalue weighted by molar-refractivity contribution is 5.94. The van der Waals surface area contributed by atoms with Gasteiger partial charge in [-0.3, -0.25) is 14.4 Å². The standard InChI is InChI=1S/C17H24N2O4/c1-12(2)10-15(20)19-11-13-5-7-14(8-6-13)17(23)18-9-3-4-16(21)22/h5-8,12H,3-4,9-11H2,1-2H3,(H,18,23)(H,19,20)(H,21,22). The summed E-state index contributed by atoms with van der Waals surface area (Å²) in [4.78, 5) is 33.8. The topological polar surface area (TPSA) is 95.5 Å². The first-order chi connectivity index (χ1) is 10.9. The lowest BCUT2D eigenvalue weighted by Gasteiger charge is -2.08. The molecule has 0 aromatic heterocycles. The molecule has 0 saturated carbocycles. The summed E-state index contributed by atoms with van der Waals surface area (Å²) < 4.78 is 0. The van der Waals surface area contributed by atoms with E-state index in [4.69, 9.17) is 5.11 Å². The Bertz CT molecular complexity index is 538. The van der Waals surface area contributed by atoms with Crippen LogP contribution in [-0.4, -0.2) is 29.4 Å². The number of benzene rings is 1. The molecule has 1 aromatic carbocycles. The molecule has 126 valence electrons. The first kappa shape index (κ1) is 18.7. The molecule has 0 aliphatic rings. The fraction of sp³-hybridized carbons (Fsp3) is 0.471. The summed E-state index contributed by atoms with van der Waals surface area (Å²) in [5, 5.41) is 14.0. The van der Waals surface area contributed by atoms with Crippen molar-refractivity contribution in [3.63, 3.8) is 0 Å². The third-order valence-corrected chi connectivity index (χ3v) is 3.15. The van der Waals surface area contributed by atoms with E-state index in [0.29, 0.717) is 37.4 Å². The summed E-state index contributed by atoms with van der Waals surface area (Å²) in [6, 6.07) is 6.97. The Morgan fingerprint density at radius 1 is 1.09 bits per heavy atom. The average molecular weight is 320 g/mol. The summed E-state index contributed by atoms with van der Waals surface area (Å²) in [5.74, 6) is -0.767. The van der Waals surface area contributed by atoms with Crippen molar-refractivity contribution in [2.24, 2.45) is 5.92 Å². The predicted octanol–water partition coefficient (Wildman–Crippen LogP) is 1.94. The summed E-state index contributed by atoms with van der Waals surface area (Å²) in [7, 11) is 0. The van der Waals surface area contributed by atoms with Crippen molar-refractivity contribution in [2.45, 2.75) is 39.7 Å². The van der Waals surface area contributed by atoms with Crippen LogP contribution in [0.4, 0.5) is 0 Å². The van der Waals surface area contributed by atoms with Gasteiger partial charge >= 0.3 is 5.97 Å². The average Bonchev–Trinajstić information content (AvgIpc) is 2.49. The van der Waals surface area contributed by atoms with E-state index >= 15 is 0 Å². The van der Waals surface area contributed by atoms with Gasteiger partial charge in [0.1, 0.15) is 0 Å². The molecule has 0 saturated heterocycles. The Hall–Kier alpha value is -2.37. The van der Waals surface area contributed by atoms with E-state index in [1.54, 1.807) is 24.3 Å². The van der Waals surface area contributed by atoms with E-state index in [9.17, 15) is 14.4 Å². The van der Waals surface area contributed by atoms with E-state index in [1.807, 2.05) is 13.8 Å². The van der Waals surface area contributed by atoms with Crippen molar-refractivity contribution >= 4 is 17.8 Å². The lowest BCUT2D eigenvalue weighted by Crippen LogP contribution is -2.25. The fourth-order valence-electron chi connectivity index (χ4n) is 1.96. The molecule has 3 N–H and O–H groups in total. The molecule has 1 rings (SSSR count). The molecule has 2 amide bonds. The van der Waals surface area contributed by atoms with Crippen LogP contribution in [0.3, 0.4) is 0 Å². The van der Waals surface area contributed by atoms with Gasteiger partial charge in [-0.05, 0) is 30.0 Å². The first-order valence-corrected chi connectivity index (χ1v) is 7.74. The highest BCUT2D eigenvalue weighted by atomic mass is 16.4. The number of hydrogen-bond donors (Lipinski definition) is 3. The summed E-state index contributed by atoms with van der Waals surface area (Å²) in [5.41, 5.74) is 1.43. The SMILES string of the molecule is CC(C)CC(=O)NCc1ccc(C(=O)NCCCC(=O)O)cc1. The van der Waals surface area contributed by atoms with Crippen LogP contribution in [0, 0.1) is 5.92 Å². The number of nitrogens with one attached hydrogen (secondary N) is 2. The number of rotatable bonds is 9. The van der Waals surface area contributed by atoms with E-state index in [1.165, 1.54) is 0 Å². The van der Waals surface area contributed by atoms with Gasteiger partial charge in [0.05, 0.1) is 0 Å². The zero-order chi connectivity index (χ0) is 17.2. The molecule has 0 aliphatic heterocycles. The van der Waals surface area contributed by atoms with E-state index < -0.39 is 5.97 Å². The Morgan fingerprint density at radius 2 is 1.74 bits per heavy atom. The number of carboxylic acids is 1. The van der Waals surface area contributed by atoms with Crippen LogP contribution in [0.2, 0.25) is 0 Å². The summed E-state index contributed by atoms with van der Waals surface area (Å²) in [6.45, 7) is 4.75. The molecule has 23 heavy (non-hydrogen) atoms. The molecule has 0 spiro atoms. The van der Waals surface area contributed by atoms with Crippen molar-refractivity contribution in [3.05, 3.63) is 35.4 Å². The van der Waals surface area contributed by atoms with Crippen LogP contribution in [0.5, 0.6) is 0 Å². The normalized spacial score (nSPS) is 10.4. The number of carbonyl (C=O) groups excluding carboxylic acids is 2. The molecule has 0 atom stereocenters. The molecule has 0 fully saturated rings. The van der Waals surface area contributed by atoms with Crippen LogP contribution in [-0.2, 0) is 16.1 Å². The van der Waals surface area contributed by atoms with Crippen LogP contribution < -0.4 is 10.6 Å². The van der Waals surface area contributed by atoms with Gasteiger partial charge in [-0.25, -0.2) is 0 Å². The van der Waals surface area contributed by atoms with Crippen LogP contribution in [0.25, 0.3) is 0 Å². The largest absolute Gasteiger partial charge is 0.481 e. The molecular weight excluding hydrogens is 296 g/mol. The minimum Gasteiger partial charge on any atom is -0.481 e. The number of aliphatic carboxylic acids is 1. The Balaban J connectivity index is 2.39. The Morgan fingerprint density at radius 3 is 2.30 bits per heavy atom. The Labute approximate surface area is 136 Å². The molecule has 6 heteroatoms. The quantitative estimate of drug-likeness (QED) is 0.606. The van der Waals surface area contributed by atoms with E-state index in [2.05, 4.69) is 10.6 Å². The molecule has 0 unspecified atom stereocenters. The molecule has 0 bridgehead atoms. The number of carbonyl (C=O) groups is 3. The second-order valence-corrected chi connectivity index (χ2v) is 5.82. The van der Waals surface area contributed by atoms with Gasteiger partial charge in [0.15, 0.2) is 0 Å². The second kappa shape index (κ2) is 9.61. The maximum atomic E-state index is 11.9. The molecule has 0 aliphatic carbocycles. The first-order valence-electron chi connectivity index (χ1n) is 7.74. The highest BCUT2D eigenvalue weighted by Crippen LogP contribution is 2.05. The third-order valence-electron chi connectivity index (χ3n) is 3.15. The van der Waals surface area contributed by atoms with Crippen LogP contribution >= 0.6 is 0 Å². The lowest BCUT2D eigenvalue weighted by atomic mass is 10.1. The second-order valence-electron chi connectivity index (χ2n) is 5.82. The monoisotopic (exact) mass is 320 g/mol. The predicted molar refractivity (Wildman–Crippen MR) is 86.9 cm³/mol. The van der Waals surface area contributed by atoms with Crippen molar-refractivity contribution in [3.8, 4) is 0 Å². The van der Waals surface area contributed by atoms with Crippen LogP contribution in [0.15, 0.2) is 24.3 Å². The highest BCUT2D eigenvalue weighted by Gasteiger charge is 2.07. The Kier molecular flexibility index (Phi) is 7.80. The van der Waals surface area contributed by atoms with Gasteiger partial charge in [0.2, 0.25) is 5.91 Å². The zero-order valence-electron chi connectivity index (χ0n) is 13.6. The maximum Gasteiger partial charge on any atom is 0.303 e. The van der Waals surface area contributed by atoms with Gasteiger partial charge in [-0.1, -0.05) is 26.0 Å². The molecule has 1 aromatic rings. The molecule has 0 radical (unpaired) electrons. The van der Waals surface area contributed by atoms with Gasteiger partial charge in [-0.15, -0.1) is 0 Å². The minimum absolute atomic E-state index is 0.0141. The van der Waals surface area contributed by atoms with Crippen molar-refractivity contribution < 1.29 is 19.5 Å². The van der Waals surface area contributed by atoms with Gasteiger partial charge in [0, 0.05) is 31.5 Å². The van der Waals surface area contributed by atoms with Crippen molar-refractivity contribution in [2.75, 3.05) is 6.54 Å². The number of carboxylic acid groups (broad SMARTS) is 1. The van der Waals surface area contributed by atoms with Crippen LogP contribution in [0.1, 0.15) is 49.0 Å². The maximum absolute atomic E-state index is 11.9. The number of amides is 2. The lowest BCUT2D eigenvalue weighted by molar-refractivity contribution is -0.137. The summed E-state index contributed by atoms with van der Waals surface area (Å²) in [6.07, 6.45) is 0.938. The fourth-order valence-corrected chi connectivity index (χ4v) is 1.96. The van der Waals surface area contributed by atoms with Gasteiger partial charge in [-0.2, -0.15) is 0 Å². The van der Waals surface area contributed by atoms with E-state index in [0.717, 1.165) is 5.56 Å². The summed E-state index contributed by atoms with van der Waals surface area (Å²) >= 11 is 0. The smallest absolute Gasteiger partial charge is 0.303 e. The molecule has 6 nitrogen and oxygen atoms in total. The van der Waals surface area contributed by atoms with E-state index in [-0.39, 0.29) is 18.2 Å². The third kappa shape index (κ3) is 7.99. The van der Waals surface area contributed by atoms with Gasteiger partial charge in [0.25, 0.3) is 5.91 Å².